The summed E-state index contributed by atoms with van der Waals surface area (Å²) in [5.41, 5.74) is 5.56. The van der Waals surface area contributed by atoms with Gasteiger partial charge in [-0.05, 0) is 50.1 Å². The van der Waals surface area contributed by atoms with Crippen molar-refractivity contribution >= 4 is 44.4 Å². The quantitative estimate of drug-likeness (QED) is 0.198. The molecular formula is C27H22BrN3O5. The van der Waals surface area contributed by atoms with Crippen molar-refractivity contribution in [3.63, 3.8) is 0 Å². The van der Waals surface area contributed by atoms with Crippen molar-refractivity contribution in [2.24, 2.45) is 5.10 Å². The number of carbonyl (C=O) groups is 2. The van der Waals surface area contributed by atoms with Crippen molar-refractivity contribution in [3.05, 3.63) is 87.4 Å². The highest BCUT2D eigenvalue weighted by Gasteiger charge is 2.29. The van der Waals surface area contributed by atoms with Crippen LogP contribution in [0.4, 0.5) is 0 Å². The number of furan rings is 1. The summed E-state index contributed by atoms with van der Waals surface area (Å²) in [6.45, 7) is 1.79. The van der Waals surface area contributed by atoms with Gasteiger partial charge in [-0.2, -0.15) is 5.10 Å². The van der Waals surface area contributed by atoms with Gasteiger partial charge in [-0.3, -0.25) is 9.78 Å². The van der Waals surface area contributed by atoms with Gasteiger partial charge >= 0.3 is 5.97 Å². The van der Waals surface area contributed by atoms with Gasteiger partial charge in [0.25, 0.3) is 5.91 Å². The SMILES string of the molecule is COc1ccccc1C(=O)N/N=C1\CCCc2oc(C(=O)Oc3ccc(Br)c4cccnc34)c(C)c21. The van der Waals surface area contributed by atoms with E-state index in [4.69, 9.17) is 13.9 Å². The number of hydrogen-bond donors (Lipinski definition) is 1. The van der Waals surface area contributed by atoms with E-state index in [0.717, 1.165) is 21.8 Å². The van der Waals surface area contributed by atoms with Gasteiger partial charge in [-0.1, -0.05) is 34.1 Å². The van der Waals surface area contributed by atoms with Crippen molar-refractivity contribution in [2.45, 2.75) is 26.2 Å². The predicted molar refractivity (Wildman–Crippen MR) is 138 cm³/mol. The molecule has 0 spiro atoms. The molecular weight excluding hydrogens is 526 g/mol. The van der Waals surface area contributed by atoms with Crippen LogP contribution in [-0.4, -0.2) is 29.7 Å². The van der Waals surface area contributed by atoms with Gasteiger partial charge in [-0.15, -0.1) is 0 Å². The number of carbonyl (C=O) groups excluding carboxylic acids is 2. The van der Waals surface area contributed by atoms with Crippen LogP contribution in [0.5, 0.6) is 11.5 Å². The average Bonchev–Trinajstić information content (AvgIpc) is 3.26. The van der Waals surface area contributed by atoms with Crippen LogP contribution >= 0.6 is 15.9 Å². The lowest BCUT2D eigenvalue weighted by Crippen LogP contribution is -2.22. The van der Waals surface area contributed by atoms with Crippen LogP contribution < -0.4 is 14.9 Å². The first-order valence-corrected chi connectivity index (χ1v) is 12.1. The van der Waals surface area contributed by atoms with Gasteiger partial charge < -0.3 is 13.9 Å². The Morgan fingerprint density at radius 1 is 1.08 bits per heavy atom. The minimum atomic E-state index is -0.617. The lowest BCUT2D eigenvalue weighted by Gasteiger charge is -2.14. The third kappa shape index (κ3) is 4.37. The number of rotatable bonds is 5. The van der Waals surface area contributed by atoms with Gasteiger partial charge in [0.05, 0.1) is 18.4 Å². The molecule has 0 saturated heterocycles. The van der Waals surface area contributed by atoms with Crippen LogP contribution in [0, 0.1) is 6.92 Å². The molecule has 0 fully saturated rings. The molecule has 5 rings (SSSR count). The number of ether oxygens (including phenoxy) is 2. The molecule has 1 amide bonds. The van der Waals surface area contributed by atoms with Crippen molar-refractivity contribution in [1.82, 2.24) is 10.4 Å². The fourth-order valence-electron chi connectivity index (χ4n) is 4.33. The molecule has 182 valence electrons. The highest BCUT2D eigenvalue weighted by molar-refractivity contribution is 9.10. The summed E-state index contributed by atoms with van der Waals surface area (Å²) in [6, 6.07) is 14.1. The van der Waals surface area contributed by atoms with Crippen LogP contribution in [0.15, 0.2) is 68.7 Å². The van der Waals surface area contributed by atoms with E-state index in [9.17, 15) is 9.59 Å². The first kappa shape index (κ1) is 23.7. The monoisotopic (exact) mass is 547 g/mol. The fourth-order valence-corrected chi connectivity index (χ4v) is 4.78. The fraction of sp³-hybridized carbons (Fsp3) is 0.185. The standard InChI is InChI=1S/C27H22BrN3O5/c1-15-23-19(30-31-26(32)17-7-3-4-10-20(17)34-2)9-5-11-21(23)35-25(15)27(33)36-22-13-12-18(28)16-8-6-14-29-24(16)22/h3-4,6-8,10,12-14H,5,9,11H2,1-2H3,(H,31,32)/b30-19+. The van der Waals surface area contributed by atoms with E-state index < -0.39 is 5.97 Å². The number of fused-ring (bicyclic) bond motifs is 2. The Morgan fingerprint density at radius 2 is 1.92 bits per heavy atom. The number of nitrogens with zero attached hydrogens (tertiary/aromatic N) is 2. The Morgan fingerprint density at radius 3 is 2.75 bits per heavy atom. The Balaban J connectivity index is 1.42. The van der Waals surface area contributed by atoms with Crippen molar-refractivity contribution < 1.29 is 23.5 Å². The summed E-state index contributed by atoms with van der Waals surface area (Å²) in [7, 11) is 1.51. The third-order valence-electron chi connectivity index (χ3n) is 6.04. The number of methoxy groups -OCH3 is 1. The Labute approximate surface area is 215 Å². The molecule has 0 unspecified atom stereocenters. The maximum atomic E-state index is 13.1. The zero-order valence-corrected chi connectivity index (χ0v) is 21.2. The lowest BCUT2D eigenvalue weighted by molar-refractivity contribution is 0.0700. The van der Waals surface area contributed by atoms with Crippen LogP contribution in [-0.2, 0) is 6.42 Å². The smallest absolute Gasteiger partial charge is 0.380 e. The minimum Gasteiger partial charge on any atom is -0.496 e. The third-order valence-corrected chi connectivity index (χ3v) is 6.73. The van der Waals surface area contributed by atoms with Gasteiger partial charge in [0.1, 0.15) is 17.0 Å². The van der Waals surface area contributed by atoms with Crippen molar-refractivity contribution in [3.8, 4) is 11.5 Å². The van der Waals surface area contributed by atoms with E-state index >= 15 is 0 Å². The van der Waals surface area contributed by atoms with Crippen LogP contribution in [0.25, 0.3) is 10.9 Å². The van der Waals surface area contributed by atoms with Gasteiger partial charge in [0.2, 0.25) is 5.76 Å². The molecule has 0 bridgehead atoms. The Hall–Kier alpha value is -3.98. The molecule has 2 aromatic heterocycles. The largest absolute Gasteiger partial charge is 0.496 e. The van der Waals surface area contributed by atoms with Gasteiger partial charge in [0.15, 0.2) is 5.75 Å². The number of amides is 1. The summed E-state index contributed by atoms with van der Waals surface area (Å²) in [6.07, 6.45) is 3.71. The molecule has 36 heavy (non-hydrogen) atoms. The average molecular weight is 548 g/mol. The Bertz CT molecular complexity index is 1530. The van der Waals surface area contributed by atoms with Crippen LogP contribution in [0.3, 0.4) is 0 Å². The molecule has 1 aliphatic rings. The molecule has 2 heterocycles. The number of benzene rings is 2. The molecule has 9 heteroatoms. The molecule has 0 saturated carbocycles. The highest BCUT2D eigenvalue weighted by Crippen LogP contribution is 2.33. The van der Waals surface area contributed by atoms with Crippen molar-refractivity contribution in [1.29, 1.82) is 0 Å². The van der Waals surface area contributed by atoms with Gasteiger partial charge in [0, 0.05) is 33.6 Å². The number of nitrogens with one attached hydrogen (secondary N) is 1. The van der Waals surface area contributed by atoms with Crippen LogP contribution in [0.1, 0.15) is 50.6 Å². The van der Waals surface area contributed by atoms with E-state index in [-0.39, 0.29) is 11.7 Å². The molecule has 2 aromatic carbocycles. The van der Waals surface area contributed by atoms with Crippen LogP contribution in [0.2, 0.25) is 0 Å². The van der Waals surface area contributed by atoms with E-state index in [2.05, 4.69) is 31.4 Å². The number of aromatic nitrogens is 1. The first-order chi connectivity index (χ1) is 17.5. The molecule has 0 radical (unpaired) electrons. The highest BCUT2D eigenvalue weighted by atomic mass is 79.9. The summed E-state index contributed by atoms with van der Waals surface area (Å²) in [4.78, 5) is 30.2. The maximum absolute atomic E-state index is 13.1. The Kier molecular flexibility index (Phi) is 6.56. The predicted octanol–water partition coefficient (Wildman–Crippen LogP) is 5.60. The minimum absolute atomic E-state index is 0.109. The number of pyridine rings is 1. The normalized spacial score (nSPS) is 13.9. The molecule has 1 N–H and O–H groups in total. The topological polar surface area (TPSA) is 103 Å². The first-order valence-electron chi connectivity index (χ1n) is 11.4. The number of halogens is 1. The number of hydrogen-bond acceptors (Lipinski definition) is 7. The number of hydrazone groups is 1. The zero-order valence-electron chi connectivity index (χ0n) is 19.6. The van der Waals surface area contributed by atoms with E-state index in [1.54, 1.807) is 43.5 Å². The van der Waals surface area contributed by atoms with E-state index in [1.165, 1.54) is 7.11 Å². The maximum Gasteiger partial charge on any atom is 0.380 e. The van der Waals surface area contributed by atoms with E-state index in [1.807, 2.05) is 18.2 Å². The summed E-state index contributed by atoms with van der Waals surface area (Å²) in [5.74, 6) is 0.549. The van der Waals surface area contributed by atoms with E-state index in [0.29, 0.717) is 52.5 Å². The van der Waals surface area contributed by atoms with Gasteiger partial charge in [-0.25, -0.2) is 10.2 Å². The summed E-state index contributed by atoms with van der Waals surface area (Å²) >= 11 is 3.50. The molecule has 0 atom stereocenters. The summed E-state index contributed by atoms with van der Waals surface area (Å²) in [5, 5.41) is 5.21. The molecule has 8 nitrogen and oxygen atoms in total. The zero-order chi connectivity index (χ0) is 25.2. The number of para-hydroxylation sites is 1. The second-order valence-electron chi connectivity index (χ2n) is 8.24. The second kappa shape index (κ2) is 9.94. The number of esters is 1. The molecule has 0 aliphatic heterocycles. The summed E-state index contributed by atoms with van der Waals surface area (Å²) < 4.78 is 17.8. The van der Waals surface area contributed by atoms with Crippen molar-refractivity contribution in [2.75, 3.05) is 7.11 Å². The lowest BCUT2D eigenvalue weighted by atomic mass is 9.93. The molecule has 4 aromatic rings. The second-order valence-corrected chi connectivity index (χ2v) is 9.10. The number of aryl methyl sites for hydroxylation is 1. The molecule has 1 aliphatic carbocycles.